The third-order valence-electron chi connectivity index (χ3n) is 4.49. The maximum absolute atomic E-state index is 12.6. The Morgan fingerprint density at radius 3 is 2.96 bits per heavy atom. The van der Waals surface area contributed by atoms with Crippen LogP contribution in [0.5, 0.6) is 0 Å². The number of anilines is 1. The number of carbonyl (C=O) groups is 2. The average Bonchev–Trinajstić information content (AvgIpc) is 3.18. The van der Waals surface area contributed by atoms with Gasteiger partial charge >= 0.3 is 0 Å². The van der Waals surface area contributed by atoms with Crippen LogP contribution in [0.25, 0.3) is 10.7 Å². The van der Waals surface area contributed by atoms with Crippen molar-refractivity contribution >= 4 is 28.8 Å². The molecular formula is C20H18N4O2S. The van der Waals surface area contributed by atoms with Crippen LogP contribution < -0.4 is 10.6 Å². The first-order valence-electron chi connectivity index (χ1n) is 8.70. The van der Waals surface area contributed by atoms with Crippen molar-refractivity contribution in [2.24, 2.45) is 0 Å². The molecule has 0 radical (unpaired) electrons. The number of carbonyl (C=O) groups excluding carboxylic acids is 2. The molecule has 0 bridgehead atoms. The summed E-state index contributed by atoms with van der Waals surface area (Å²) in [5.41, 5.74) is 4.09. The zero-order valence-corrected chi connectivity index (χ0v) is 15.5. The quantitative estimate of drug-likeness (QED) is 0.727. The molecule has 136 valence electrons. The SMILES string of the molecule is CC(NC(=O)c1csc(-c2ccccn2)n1)c1ccc2c(c1)CCC(=O)N2. The summed E-state index contributed by atoms with van der Waals surface area (Å²) in [5, 5.41) is 8.33. The standard InChI is InChI=1S/C20H18N4O2S/c1-12(13-5-7-15-14(10-13)6-8-18(25)23-15)22-19(26)17-11-27-20(24-17)16-4-2-3-9-21-16/h2-5,7,9-12H,6,8H2,1H3,(H,22,26)(H,23,25). The van der Waals surface area contributed by atoms with E-state index in [4.69, 9.17) is 0 Å². The highest BCUT2D eigenvalue weighted by Crippen LogP contribution is 2.26. The van der Waals surface area contributed by atoms with Gasteiger partial charge in [-0.2, -0.15) is 0 Å². The molecule has 1 aromatic carbocycles. The van der Waals surface area contributed by atoms with Crippen molar-refractivity contribution in [2.45, 2.75) is 25.8 Å². The van der Waals surface area contributed by atoms with Gasteiger partial charge in [0.15, 0.2) is 0 Å². The Kier molecular flexibility index (Phi) is 4.68. The highest BCUT2D eigenvalue weighted by molar-refractivity contribution is 7.13. The van der Waals surface area contributed by atoms with Gasteiger partial charge in [0.1, 0.15) is 10.7 Å². The van der Waals surface area contributed by atoms with Crippen molar-refractivity contribution in [1.29, 1.82) is 0 Å². The van der Waals surface area contributed by atoms with Crippen LogP contribution in [0.15, 0.2) is 48.0 Å². The van der Waals surface area contributed by atoms with Crippen molar-refractivity contribution in [3.05, 3.63) is 64.8 Å². The molecule has 0 spiro atoms. The van der Waals surface area contributed by atoms with E-state index in [1.54, 1.807) is 11.6 Å². The zero-order chi connectivity index (χ0) is 18.8. The van der Waals surface area contributed by atoms with Crippen LogP contribution in [-0.2, 0) is 11.2 Å². The number of hydrogen-bond acceptors (Lipinski definition) is 5. The number of rotatable bonds is 4. The Morgan fingerprint density at radius 2 is 2.15 bits per heavy atom. The number of nitrogens with zero attached hydrogens (tertiary/aromatic N) is 2. The van der Waals surface area contributed by atoms with Gasteiger partial charge in [-0.05, 0) is 42.7 Å². The van der Waals surface area contributed by atoms with E-state index < -0.39 is 0 Å². The van der Waals surface area contributed by atoms with Crippen LogP contribution in [0.4, 0.5) is 5.69 Å². The first-order valence-corrected chi connectivity index (χ1v) is 9.58. The monoisotopic (exact) mass is 378 g/mol. The number of amides is 2. The summed E-state index contributed by atoms with van der Waals surface area (Å²) in [6.07, 6.45) is 2.92. The van der Waals surface area contributed by atoms with Crippen molar-refractivity contribution in [1.82, 2.24) is 15.3 Å². The largest absolute Gasteiger partial charge is 0.344 e. The molecule has 7 heteroatoms. The molecule has 2 aromatic heterocycles. The Bertz CT molecular complexity index is 1000. The van der Waals surface area contributed by atoms with Crippen molar-refractivity contribution in [3.8, 4) is 10.7 Å². The number of nitrogens with one attached hydrogen (secondary N) is 2. The lowest BCUT2D eigenvalue weighted by molar-refractivity contribution is -0.116. The number of fused-ring (bicyclic) bond motifs is 1. The normalized spacial score (nSPS) is 14.2. The van der Waals surface area contributed by atoms with E-state index in [1.165, 1.54) is 11.3 Å². The molecule has 3 aromatic rings. The lowest BCUT2D eigenvalue weighted by atomic mass is 9.98. The number of hydrogen-bond donors (Lipinski definition) is 2. The van der Waals surface area contributed by atoms with Gasteiger partial charge in [0.2, 0.25) is 5.91 Å². The molecule has 4 rings (SSSR count). The molecule has 2 amide bonds. The van der Waals surface area contributed by atoms with E-state index in [0.717, 1.165) is 33.9 Å². The summed E-state index contributed by atoms with van der Waals surface area (Å²) >= 11 is 1.40. The van der Waals surface area contributed by atoms with Crippen molar-refractivity contribution in [2.75, 3.05) is 5.32 Å². The van der Waals surface area contributed by atoms with E-state index in [1.807, 2.05) is 43.3 Å². The summed E-state index contributed by atoms with van der Waals surface area (Å²) < 4.78 is 0. The third kappa shape index (κ3) is 3.73. The van der Waals surface area contributed by atoms with Gasteiger partial charge in [0, 0.05) is 23.7 Å². The van der Waals surface area contributed by atoms with Crippen molar-refractivity contribution in [3.63, 3.8) is 0 Å². The summed E-state index contributed by atoms with van der Waals surface area (Å²) in [4.78, 5) is 32.7. The van der Waals surface area contributed by atoms with Gasteiger partial charge < -0.3 is 10.6 Å². The molecule has 27 heavy (non-hydrogen) atoms. The first-order chi connectivity index (χ1) is 13.1. The molecule has 0 aliphatic carbocycles. The fourth-order valence-electron chi connectivity index (χ4n) is 3.01. The second-order valence-electron chi connectivity index (χ2n) is 6.41. The molecule has 0 fully saturated rings. The van der Waals surface area contributed by atoms with Crippen LogP contribution in [0, 0.1) is 0 Å². The highest BCUT2D eigenvalue weighted by atomic mass is 32.1. The lowest BCUT2D eigenvalue weighted by Gasteiger charge is -2.20. The smallest absolute Gasteiger partial charge is 0.271 e. The minimum atomic E-state index is -0.216. The molecule has 1 atom stereocenters. The summed E-state index contributed by atoms with van der Waals surface area (Å²) in [5.74, 6) is -0.171. The van der Waals surface area contributed by atoms with E-state index >= 15 is 0 Å². The predicted octanol–water partition coefficient (Wildman–Crippen LogP) is 3.58. The van der Waals surface area contributed by atoms with Crippen LogP contribution in [0.2, 0.25) is 0 Å². The number of pyridine rings is 1. The molecule has 0 saturated heterocycles. The van der Waals surface area contributed by atoms with E-state index in [0.29, 0.717) is 12.1 Å². The van der Waals surface area contributed by atoms with E-state index in [9.17, 15) is 9.59 Å². The van der Waals surface area contributed by atoms with Crippen LogP contribution in [0.1, 0.15) is 41.0 Å². The number of aromatic nitrogens is 2. The second kappa shape index (κ2) is 7.28. The van der Waals surface area contributed by atoms with Crippen LogP contribution in [0.3, 0.4) is 0 Å². The number of aryl methyl sites for hydroxylation is 1. The van der Waals surface area contributed by atoms with Gasteiger partial charge in [-0.1, -0.05) is 18.2 Å². The fraction of sp³-hybridized carbons (Fsp3) is 0.200. The summed E-state index contributed by atoms with van der Waals surface area (Å²) in [7, 11) is 0. The molecule has 1 aliphatic heterocycles. The molecule has 2 N–H and O–H groups in total. The molecule has 6 nitrogen and oxygen atoms in total. The number of thiazole rings is 1. The van der Waals surface area contributed by atoms with Gasteiger partial charge in [0.05, 0.1) is 11.7 Å². The maximum Gasteiger partial charge on any atom is 0.271 e. The van der Waals surface area contributed by atoms with E-state index in [2.05, 4.69) is 20.6 Å². The highest BCUT2D eigenvalue weighted by Gasteiger charge is 2.19. The summed E-state index contributed by atoms with van der Waals surface area (Å²) in [6, 6.07) is 11.3. The van der Waals surface area contributed by atoms with Crippen LogP contribution >= 0.6 is 11.3 Å². The molecule has 1 aliphatic rings. The van der Waals surface area contributed by atoms with Gasteiger partial charge in [-0.15, -0.1) is 11.3 Å². The predicted molar refractivity (Wildman–Crippen MR) is 105 cm³/mol. The Hall–Kier alpha value is -3.06. The van der Waals surface area contributed by atoms with Gasteiger partial charge in [0.25, 0.3) is 5.91 Å². The van der Waals surface area contributed by atoms with Crippen molar-refractivity contribution < 1.29 is 9.59 Å². The molecule has 0 saturated carbocycles. The minimum absolute atomic E-state index is 0.0452. The molecule has 1 unspecified atom stereocenters. The maximum atomic E-state index is 12.6. The van der Waals surface area contributed by atoms with Crippen LogP contribution in [-0.4, -0.2) is 21.8 Å². The molecule has 3 heterocycles. The third-order valence-corrected chi connectivity index (χ3v) is 5.36. The fourth-order valence-corrected chi connectivity index (χ4v) is 3.79. The Balaban J connectivity index is 1.47. The van der Waals surface area contributed by atoms with Gasteiger partial charge in [-0.25, -0.2) is 4.98 Å². The first kappa shape index (κ1) is 17.4. The molecular weight excluding hydrogens is 360 g/mol. The van der Waals surface area contributed by atoms with Gasteiger partial charge in [-0.3, -0.25) is 14.6 Å². The zero-order valence-electron chi connectivity index (χ0n) is 14.7. The minimum Gasteiger partial charge on any atom is -0.344 e. The topological polar surface area (TPSA) is 84.0 Å². The van der Waals surface area contributed by atoms with E-state index in [-0.39, 0.29) is 17.9 Å². The Morgan fingerprint density at radius 1 is 1.26 bits per heavy atom. The lowest BCUT2D eigenvalue weighted by Crippen LogP contribution is -2.27. The average molecular weight is 378 g/mol. The Labute approximate surface area is 160 Å². The number of benzene rings is 1. The second-order valence-corrected chi connectivity index (χ2v) is 7.27. The summed E-state index contributed by atoms with van der Waals surface area (Å²) in [6.45, 7) is 1.94.